The molecule has 0 saturated carbocycles. The summed E-state index contributed by atoms with van der Waals surface area (Å²) in [6, 6.07) is 4.97. The minimum absolute atomic E-state index is 0.162. The van der Waals surface area contributed by atoms with Crippen LogP contribution in [0.1, 0.15) is 10.4 Å². The highest BCUT2D eigenvalue weighted by Crippen LogP contribution is 2.27. The van der Waals surface area contributed by atoms with Crippen LogP contribution in [0.2, 0.25) is 0 Å². The van der Waals surface area contributed by atoms with Gasteiger partial charge in [-0.3, -0.25) is 14.8 Å². The second kappa shape index (κ2) is 4.32. The van der Waals surface area contributed by atoms with Crippen molar-refractivity contribution < 1.29 is 4.79 Å². The maximum absolute atomic E-state index is 11.3. The fraction of sp³-hybridized carbons (Fsp3) is 0.100. The molecular formula is C10H11N3O. The topological polar surface area (TPSA) is 53.8 Å². The fourth-order valence-electron chi connectivity index (χ4n) is 1.07. The van der Waals surface area contributed by atoms with Gasteiger partial charge >= 0.3 is 0 Å². The molecule has 0 aliphatic rings. The highest BCUT2D eigenvalue weighted by molar-refractivity contribution is 5.95. The zero-order valence-electron chi connectivity index (χ0n) is 7.95. The molecular weight excluding hydrogens is 178 g/mol. The van der Waals surface area contributed by atoms with Crippen LogP contribution in [-0.4, -0.2) is 26.4 Å². The van der Waals surface area contributed by atoms with Gasteiger partial charge in [-0.1, -0.05) is 0 Å². The zero-order chi connectivity index (χ0) is 10.6. The van der Waals surface area contributed by atoms with Crippen LogP contribution in [0.25, 0.3) is 0 Å². The summed E-state index contributed by atoms with van der Waals surface area (Å²) in [5.74, 6) is -0.162. The van der Waals surface area contributed by atoms with E-state index in [0.29, 0.717) is 16.9 Å². The van der Waals surface area contributed by atoms with E-state index in [1.54, 1.807) is 25.2 Å². The Hall–Kier alpha value is -1.97. The van der Waals surface area contributed by atoms with Gasteiger partial charge < -0.3 is 5.32 Å². The van der Waals surface area contributed by atoms with E-state index < -0.39 is 0 Å². The first-order chi connectivity index (χ1) is 6.72. The Morgan fingerprint density at radius 1 is 1.29 bits per heavy atom. The second-order valence-electron chi connectivity index (χ2n) is 2.60. The molecule has 0 unspecified atom stereocenters. The Balaban J connectivity index is 3.20. The van der Waals surface area contributed by atoms with Gasteiger partial charge in [-0.2, -0.15) is 0 Å². The molecule has 4 nitrogen and oxygen atoms in total. The van der Waals surface area contributed by atoms with Gasteiger partial charge in [0, 0.05) is 12.6 Å². The van der Waals surface area contributed by atoms with Crippen molar-refractivity contribution in [2.24, 2.45) is 9.98 Å². The molecule has 0 aliphatic carbocycles. The van der Waals surface area contributed by atoms with Gasteiger partial charge in [0.1, 0.15) is 0 Å². The van der Waals surface area contributed by atoms with E-state index in [1.807, 2.05) is 0 Å². The van der Waals surface area contributed by atoms with E-state index in [-0.39, 0.29) is 5.91 Å². The van der Waals surface area contributed by atoms with Crippen LogP contribution in [-0.2, 0) is 0 Å². The Kier molecular flexibility index (Phi) is 3.12. The van der Waals surface area contributed by atoms with Gasteiger partial charge in [-0.05, 0) is 31.6 Å². The van der Waals surface area contributed by atoms with Gasteiger partial charge in [0.15, 0.2) is 0 Å². The Bertz CT molecular complexity index is 385. The minimum atomic E-state index is -0.162. The van der Waals surface area contributed by atoms with Crippen LogP contribution in [0.5, 0.6) is 0 Å². The predicted molar refractivity (Wildman–Crippen MR) is 58.3 cm³/mol. The molecule has 0 bridgehead atoms. The molecule has 0 atom stereocenters. The van der Waals surface area contributed by atoms with Crippen molar-refractivity contribution in [1.82, 2.24) is 5.32 Å². The predicted octanol–water partition coefficient (Wildman–Crippen LogP) is 1.71. The van der Waals surface area contributed by atoms with E-state index in [9.17, 15) is 4.79 Å². The quantitative estimate of drug-likeness (QED) is 0.723. The summed E-state index contributed by atoms with van der Waals surface area (Å²) >= 11 is 0. The number of carbonyl (C=O) groups excluding carboxylic acids is 1. The summed E-state index contributed by atoms with van der Waals surface area (Å²) in [5, 5.41) is 2.52. The van der Waals surface area contributed by atoms with Gasteiger partial charge in [-0.25, -0.2) is 0 Å². The molecule has 0 aliphatic heterocycles. The third-order valence-corrected chi connectivity index (χ3v) is 1.81. The van der Waals surface area contributed by atoms with Gasteiger partial charge in [-0.15, -0.1) is 0 Å². The third kappa shape index (κ3) is 1.85. The summed E-state index contributed by atoms with van der Waals surface area (Å²) < 4.78 is 0. The molecule has 0 heterocycles. The van der Waals surface area contributed by atoms with Crippen molar-refractivity contribution in [3.8, 4) is 0 Å². The number of carbonyl (C=O) groups is 1. The molecule has 0 aromatic heterocycles. The normalized spacial score (nSPS) is 9.21. The summed E-state index contributed by atoms with van der Waals surface area (Å²) in [6.45, 7) is 6.79. The van der Waals surface area contributed by atoms with Gasteiger partial charge in [0.25, 0.3) is 5.91 Å². The molecule has 4 heteroatoms. The average Bonchev–Trinajstić information content (AvgIpc) is 2.26. The molecule has 0 saturated heterocycles. The molecule has 1 rings (SSSR count). The van der Waals surface area contributed by atoms with E-state index in [0.717, 1.165) is 0 Å². The minimum Gasteiger partial charge on any atom is -0.355 e. The summed E-state index contributed by atoms with van der Waals surface area (Å²) in [4.78, 5) is 18.8. The zero-order valence-corrected chi connectivity index (χ0v) is 7.95. The van der Waals surface area contributed by atoms with E-state index in [2.05, 4.69) is 28.7 Å². The molecule has 14 heavy (non-hydrogen) atoms. The van der Waals surface area contributed by atoms with Crippen molar-refractivity contribution in [3.63, 3.8) is 0 Å². The van der Waals surface area contributed by atoms with Gasteiger partial charge in [0.2, 0.25) is 0 Å². The number of rotatable bonds is 3. The SMILES string of the molecule is C=Nc1ccc(C(=O)NC)cc1N=C. The van der Waals surface area contributed by atoms with Crippen LogP contribution >= 0.6 is 0 Å². The third-order valence-electron chi connectivity index (χ3n) is 1.81. The van der Waals surface area contributed by atoms with Crippen LogP contribution in [0.3, 0.4) is 0 Å². The first-order valence-electron chi connectivity index (χ1n) is 4.02. The number of nitrogens with one attached hydrogen (secondary N) is 1. The van der Waals surface area contributed by atoms with E-state index >= 15 is 0 Å². The molecule has 1 N–H and O–H groups in total. The number of nitrogens with zero attached hydrogens (tertiary/aromatic N) is 2. The Labute approximate surface area is 82.4 Å². The summed E-state index contributed by atoms with van der Waals surface area (Å²) in [5.41, 5.74) is 1.70. The Morgan fingerprint density at radius 3 is 2.43 bits per heavy atom. The van der Waals surface area contributed by atoms with Crippen LogP contribution in [0, 0.1) is 0 Å². The molecule has 1 aromatic carbocycles. The molecule has 0 radical (unpaired) electrons. The lowest BCUT2D eigenvalue weighted by Crippen LogP contribution is -2.17. The standard InChI is InChI=1S/C10H11N3O/c1-11-8-5-4-7(10(14)13-3)6-9(8)12-2/h4-6H,1-2H2,3H3,(H,13,14). The monoisotopic (exact) mass is 189 g/mol. The summed E-state index contributed by atoms with van der Waals surface area (Å²) in [7, 11) is 1.57. The van der Waals surface area contributed by atoms with Crippen molar-refractivity contribution >= 4 is 30.7 Å². The molecule has 0 fully saturated rings. The van der Waals surface area contributed by atoms with Gasteiger partial charge in [0.05, 0.1) is 11.4 Å². The highest BCUT2D eigenvalue weighted by atomic mass is 16.1. The molecule has 0 spiro atoms. The highest BCUT2D eigenvalue weighted by Gasteiger charge is 2.05. The van der Waals surface area contributed by atoms with Crippen LogP contribution in [0.4, 0.5) is 11.4 Å². The number of amides is 1. The Morgan fingerprint density at radius 2 is 1.93 bits per heavy atom. The maximum Gasteiger partial charge on any atom is 0.251 e. The largest absolute Gasteiger partial charge is 0.355 e. The van der Waals surface area contributed by atoms with Crippen molar-refractivity contribution in [1.29, 1.82) is 0 Å². The molecule has 1 amide bonds. The number of hydrogen-bond donors (Lipinski definition) is 1. The van der Waals surface area contributed by atoms with Crippen LogP contribution in [0.15, 0.2) is 28.2 Å². The molecule has 72 valence electrons. The van der Waals surface area contributed by atoms with Crippen molar-refractivity contribution in [2.45, 2.75) is 0 Å². The number of benzene rings is 1. The van der Waals surface area contributed by atoms with Crippen molar-refractivity contribution in [3.05, 3.63) is 23.8 Å². The van der Waals surface area contributed by atoms with Crippen molar-refractivity contribution in [2.75, 3.05) is 7.05 Å². The smallest absolute Gasteiger partial charge is 0.251 e. The van der Waals surface area contributed by atoms with E-state index in [1.165, 1.54) is 0 Å². The van der Waals surface area contributed by atoms with Crippen LogP contribution < -0.4 is 5.32 Å². The number of aliphatic imine (C=N–C) groups is 2. The lowest BCUT2D eigenvalue weighted by molar-refractivity contribution is 0.0963. The first-order valence-corrected chi connectivity index (χ1v) is 4.02. The number of hydrogen-bond acceptors (Lipinski definition) is 3. The second-order valence-corrected chi connectivity index (χ2v) is 2.60. The molecule has 1 aromatic rings. The lowest BCUT2D eigenvalue weighted by atomic mass is 10.1. The first kappa shape index (κ1) is 10.1. The fourth-order valence-corrected chi connectivity index (χ4v) is 1.07. The summed E-state index contributed by atoms with van der Waals surface area (Å²) in [6.07, 6.45) is 0. The van der Waals surface area contributed by atoms with E-state index in [4.69, 9.17) is 0 Å². The maximum atomic E-state index is 11.3. The average molecular weight is 189 g/mol. The lowest BCUT2D eigenvalue weighted by Gasteiger charge is -2.03.